The van der Waals surface area contributed by atoms with Crippen LogP contribution >= 0.6 is 11.6 Å². The quantitative estimate of drug-likeness (QED) is 0.876. The number of rotatable bonds is 3. The molecule has 3 heteroatoms. The Morgan fingerprint density at radius 3 is 2.67 bits per heavy atom. The number of hydrogen-bond donors (Lipinski definition) is 1. The molecule has 1 N–H and O–H groups in total. The molecule has 0 amide bonds. The van der Waals surface area contributed by atoms with E-state index in [1.54, 1.807) is 13.0 Å². The molecule has 0 aromatic heterocycles. The summed E-state index contributed by atoms with van der Waals surface area (Å²) in [5.74, 6) is -0.192. The molecule has 0 saturated heterocycles. The van der Waals surface area contributed by atoms with Crippen LogP contribution in [0.4, 0.5) is 4.39 Å². The lowest BCUT2D eigenvalue weighted by molar-refractivity contribution is 0.619. The Morgan fingerprint density at radius 2 is 2.00 bits per heavy atom. The van der Waals surface area contributed by atoms with E-state index in [9.17, 15) is 4.39 Å². The molecule has 94 valence electrons. The highest BCUT2D eigenvalue weighted by Gasteiger charge is 2.08. The second kappa shape index (κ2) is 5.51. The zero-order chi connectivity index (χ0) is 13.1. The lowest BCUT2D eigenvalue weighted by Gasteiger charge is -2.10. The van der Waals surface area contributed by atoms with Crippen LogP contribution < -0.4 is 5.32 Å². The highest BCUT2D eigenvalue weighted by Crippen LogP contribution is 2.29. The van der Waals surface area contributed by atoms with Gasteiger partial charge in [-0.1, -0.05) is 35.9 Å². The molecule has 0 fully saturated rings. The van der Waals surface area contributed by atoms with Gasteiger partial charge in [-0.3, -0.25) is 0 Å². The Hall–Kier alpha value is -1.38. The predicted molar refractivity (Wildman–Crippen MR) is 74.3 cm³/mol. The number of hydrogen-bond acceptors (Lipinski definition) is 1. The van der Waals surface area contributed by atoms with E-state index < -0.39 is 0 Å². The molecule has 0 aliphatic heterocycles. The first kappa shape index (κ1) is 13.1. The predicted octanol–water partition coefficient (Wildman–Crippen LogP) is 4.17. The minimum atomic E-state index is -0.192. The Labute approximate surface area is 112 Å². The number of halogens is 2. The highest BCUT2D eigenvalue weighted by atomic mass is 35.5. The molecule has 2 aromatic rings. The van der Waals surface area contributed by atoms with Crippen molar-refractivity contribution >= 4 is 11.6 Å². The smallest absolute Gasteiger partial charge is 0.126 e. The first-order chi connectivity index (χ1) is 8.63. The summed E-state index contributed by atoms with van der Waals surface area (Å²) in [6.07, 6.45) is 0. The Morgan fingerprint density at radius 1 is 1.22 bits per heavy atom. The fraction of sp³-hybridized carbons (Fsp3) is 0.200. The zero-order valence-corrected chi connectivity index (χ0v) is 11.2. The maximum Gasteiger partial charge on any atom is 0.126 e. The van der Waals surface area contributed by atoms with Crippen LogP contribution in [0.15, 0.2) is 36.4 Å². The van der Waals surface area contributed by atoms with Crippen LogP contribution in [0.2, 0.25) is 5.02 Å². The summed E-state index contributed by atoms with van der Waals surface area (Å²) in [6, 6.07) is 10.9. The normalized spacial score (nSPS) is 10.7. The van der Waals surface area contributed by atoms with E-state index in [1.165, 1.54) is 6.07 Å². The van der Waals surface area contributed by atoms with Gasteiger partial charge in [0.15, 0.2) is 0 Å². The average molecular weight is 264 g/mol. The Bertz CT molecular complexity index is 566. The molecule has 0 spiro atoms. The van der Waals surface area contributed by atoms with E-state index in [4.69, 9.17) is 11.6 Å². The van der Waals surface area contributed by atoms with Crippen molar-refractivity contribution in [3.05, 3.63) is 58.4 Å². The van der Waals surface area contributed by atoms with E-state index in [1.807, 2.05) is 31.3 Å². The summed E-state index contributed by atoms with van der Waals surface area (Å²) in [4.78, 5) is 0. The van der Waals surface area contributed by atoms with Crippen molar-refractivity contribution in [3.63, 3.8) is 0 Å². The SMILES string of the molecule is CNCc1ccc(-c2cccc(F)c2C)cc1Cl. The van der Waals surface area contributed by atoms with Crippen LogP contribution in [0.1, 0.15) is 11.1 Å². The highest BCUT2D eigenvalue weighted by molar-refractivity contribution is 6.31. The van der Waals surface area contributed by atoms with Crippen molar-refractivity contribution in [3.8, 4) is 11.1 Å². The molecular formula is C15H15ClFN. The Balaban J connectivity index is 2.46. The van der Waals surface area contributed by atoms with Crippen molar-refractivity contribution < 1.29 is 4.39 Å². The number of benzene rings is 2. The third kappa shape index (κ3) is 2.55. The van der Waals surface area contributed by atoms with Gasteiger partial charge >= 0.3 is 0 Å². The maximum atomic E-state index is 13.5. The molecular weight excluding hydrogens is 249 g/mol. The van der Waals surface area contributed by atoms with Gasteiger partial charge in [-0.15, -0.1) is 0 Å². The van der Waals surface area contributed by atoms with E-state index in [2.05, 4.69) is 5.32 Å². The molecule has 0 aliphatic carbocycles. The third-order valence-electron chi connectivity index (χ3n) is 3.00. The van der Waals surface area contributed by atoms with Gasteiger partial charge in [0.1, 0.15) is 5.82 Å². The van der Waals surface area contributed by atoms with Gasteiger partial charge < -0.3 is 5.32 Å². The summed E-state index contributed by atoms with van der Waals surface area (Å²) in [6.45, 7) is 2.50. The van der Waals surface area contributed by atoms with Crippen molar-refractivity contribution in [1.82, 2.24) is 5.32 Å². The third-order valence-corrected chi connectivity index (χ3v) is 3.35. The fourth-order valence-electron chi connectivity index (χ4n) is 1.97. The molecule has 1 nitrogen and oxygen atoms in total. The van der Waals surface area contributed by atoms with E-state index in [0.717, 1.165) is 23.2 Å². The van der Waals surface area contributed by atoms with E-state index >= 15 is 0 Å². The number of nitrogens with one attached hydrogen (secondary N) is 1. The molecule has 0 bridgehead atoms. The molecule has 0 unspecified atom stereocenters. The lowest BCUT2D eigenvalue weighted by Crippen LogP contribution is -2.05. The van der Waals surface area contributed by atoms with Crippen LogP contribution in [-0.4, -0.2) is 7.05 Å². The van der Waals surface area contributed by atoms with Crippen molar-refractivity contribution in [1.29, 1.82) is 0 Å². The molecule has 0 atom stereocenters. The summed E-state index contributed by atoms with van der Waals surface area (Å²) < 4.78 is 13.5. The monoisotopic (exact) mass is 263 g/mol. The van der Waals surface area contributed by atoms with Crippen LogP contribution in [0.3, 0.4) is 0 Å². The maximum absolute atomic E-state index is 13.5. The summed E-state index contributed by atoms with van der Waals surface area (Å²) >= 11 is 6.22. The van der Waals surface area contributed by atoms with Crippen LogP contribution in [-0.2, 0) is 6.54 Å². The molecule has 0 radical (unpaired) electrons. The van der Waals surface area contributed by atoms with Gasteiger partial charge in [-0.25, -0.2) is 4.39 Å². The molecule has 18 heavy (non-hydrogen) atoms. The summed E-state index contributed by atoms with van der Waals surface area (Å²) in [5, 5.41) is 3.76. The lowest BCUT2D eigenvalue weighted by atomic mass is 9.99. The van der Waals surface area contributed by atoms with Crippen molar-refractivity contribution in [2.75, 3.05) is 7.05 Å². The van der Waals surface area contributed by atoms with E-state index in [-0.39, 0.29) is 5.82 Å². The second-order valence-corrected chi connectivity index (χ2v) is 4.66. The van der Waals surface area contributed by atoms with Gasteiger partial charge in [0, 0.05) is 11.6 Å². The van der Waals surface area contributed by atoms with Crippen LogP contribution in [0.25, 0.3) is 11.1 Å². The first-order valence-corrected chi connectivity index (χ1v) is 6.20. The summed E-state index contributed by atoms with van der Waals surface area (Å²) in [7, 11) is 1.88. The molecule has 0 aliphatic rings. The first-order valence-electron chi connectivity index (χ1n) is 5.82. The standard InChI is InChI=1S/C15H15ClFN/c1-10-13(4-3-5-15(10)17)11-6-7-12(9-18-2)14(16)8-11/h3-8,18H,9H2,1-2H3. The van der Waals surface area contributed by atoms with Gasteiger partial charge in [0.2, 0.25) is 0 Å². The summed E-state index contributed by atoms with van der Waals surface area (Å²) in [5.41, 5.74) is 3.51. The topological polar surface area (TPSA) is 12.0 Å². The van der Waals surface area contributed by atoms with Crippen LogP contribution in [0, 0.1) is 12.7 Å². The van der Waals surface area contributed by atoms with Crippen molar-refractivity contribution in [2.24, 2.45) is 0 Å². The van der Waals surface area contributed by atoms with Gasteiger partial charge in [0.05, 0.1) is 0 Å². The average Bonchev–Trinajstić information content (AvgIpc) is 2.35. The van der Waals surface area contributed by atoms with Crippen LogP contribution in [0.5, 0.6) is 0 Å². The fourth-order valence-corrected chi connectivity index (χ4v) is 2.22. The minimum Gasteiger partial charge on any atom is -0.316 e. The molecule has 2 aromatic carbocycles. The molecule has 0 saturated carbocycles. The second-order valence-electron chi connectivity index (χ2n) is 4.25. The van der Waals surface area contributed by atoms with E-state index in [0.29, 0.717) is 10.6 Å². The largest absolute Gasteiger partial charge is 0.316 e. The minimum absolute atomic E-state index is 0.192. The van der Waals surface area contributed by atoms with Crippen molar-refractivity contribution in [2.45, 2.75) is 13.5 Å². The van der Waals surface area contributed by atoms with Gasteiger partial charge in [-0.2, -0.15) is 0 Å². The molecule has 2 rings (SSSR count). The zero-order valence-electron chi connectivity index (χ0n) is 10.4. The Kier molecular flexibility index (Phi) is 4.00. The van der Waals surface area contributed by atoms with Gasteiger partial charge in [0.25, 0.3) is 0 Å². The molecule has 0 heterocycles. The van der Waals surface area contributed by atoms with Gasteiger partial charge in [-0.05, 0) is 48.4 Å².